The molecule has 0 radical (unpaired) electrons. The monoisotopic (exact) mass is 492 g/mol. The second-order valence-electron chi connectivity index (χ2n) is 5.74. The second-order valence-corrected chi connectivity index (χ2v) is 9.38. The van der Waals surface area contributed by atoms with Crippen LogP contribution < -0.4 is 5.32 Å². The van der Waals surface area contributed by atoms with E-state index in [4.69, 9.17) is 27.9 Å². The van der Waals surface area contributed by atoms with Crippen LogP contribution in [-0.2, 0) is 14.8 Å². The van der Waals surface area contributed by atoms with Crippen molar-refractivity contribution in [1.82, 2.24) is 4.31 Å². The van der Waals surface area contributed by atoms with Crippen LogP contribution in [0.3, 0.4) is 0 Å². The molecule has 0 spiro atoms. The third-order valence-electron chi connectivity index (χ3n) is 3.96. The van der Waals surface area contributed by atoms with Crippen molar-refractivity contribution in [3.05, 3.63) is 56.5 Å². The maximum Gasteiger partial charge on any atom is 0.257 e. The zero-order chi connectivity index (χ0) is 19.6. The van der Waals surface area contributed by atoms with E-state index in [1.165, 1.54) is 16.4 Å². The lowest BCUT2D eigenvalue weighted by Crippen LogP contribution is -2.40. The Morgan fingerprint density at radius 2 is 1.70 bits per heavy atom. The molecule has 0 aromatic heterocycles. The molecule has 6 nitrogen and oxygen atoms in total. The van der Waals surface area contributed by atoms with Crippen LogP contribution in [-0.4, -0.2) is 44.9 Å². The van der Waals surface area contributed by atoms with Crippen molar-refractivity contribution in [2.75, 3.05) is 31.6 Å². The minimum absolute atomic E-state index is 0.0239. The molecule has 0 bridgehead atoms. The fourth-order valence-electron chi connectivity index (χ4n) is 2.56. The Bertz CT molecular complexity index is 962. The number of anilines is 1. The fraction of sp³-hybridized carbons (Fsp3) is 0.235. The lowest BCUT2D eigenvalue weighted by Gasteiger charge is -2.26. The topological polar surface area (TPSA) is 75.7 Å². The quantitative estimate of drug-likeness (QED) is 0.697. The number of nitrogens with one attached hydrogen (secondary N) is 1. The van der Waals surface area contributed by atoms with Gasteiger partial charge in [0.05, 0.1) is 28.8 Å². The summed E-state index contributed by atoms with van der Waals surface area (Å²) in [5.74, 6) is -0.530. The summed E-state index contributed by atoms with van der Waals surface area (Å²) < 4.78 is 33.1. The molecule has 0 saturated carbocycles. The van der Waals surface area contributed by atoms with Gasteiger partial charge >= 0.3 is 0 Å². The first-order valence-corrected chi connectivity index (χ1v) is 10.9. The van der Waals surface area contributed by atoms with E-state index in [1.54, 1.807) is 24.3 Å². The van der Waals surface area contributed by atoms with Gasteiger partial charge in [0.15, 0.2) is 0 Å². The van der Waals surface area contributed by atoms with Gasteiger partial charge < -0.3 is 10.1 Å². The molecule has 0 aliphatic carbocycles. The number of halogens is 3. The van der Waals surface area contributed by atoms with Crippen LogP contribution in [0.5, 0.6) is 0 Å². The molecule has 27 heavy (non-hydrogen) atoms. The Morgan fingerprint density at radius 1 is 1.07 bits per heavy atom. The molecule has 1 saturated heterocycles. The van der Waals surface area contributed by atoms with E-state index < -0.39 is 15.9 Å². The first kappa shape index (κ1) is 20.6. The van der Waals surface area contributed by atoms with Gasteiger partial charge in [0.2, 0.25) is 10.0 Å². The Balaban J connectivity index is 1.93. The second kappa shape index (κ2) is 8.46. The zero-order valence-electron chi connectivity index (χ0n) is 13.9. The van der Waals surface area contributed by atoms with Crippen LogP contribution in [0.4, 0.5) is 5.69 Å². The lowest BCUT2D eigenvalue weighted by molar-refractivity contribution is 0.0730. The number of morpholine rings is 1. The third kappa shape index (κ3) is 4.64. The highest BCUT2D eigenvalue weighted by molar-refractivity contribution is 9.10. The molecule has 1 amide bonds. The average Bonchev–Trinajstić information content (AvgIpc) is 2.64. The SMILES string of the molecule is O=C(Nc1ccc(Br)cc1)c1cc(S(=O)(=O)N2CCOCC2)c(Cl)cc1Cl. The Morgan fingerprint density at radius 3 is 2.33 bits per heavy atom. The standard InChI is InChI=1S/C17H15BrCl2N2O4S/c18-11-1-3-12(4-2-11)21-17(23)13-9-16(15(20)10-14(13)19)27(24,25)22-5-7-26-8-6-22/h1-4,9-10H,5-8H2,(H,21,23). The van der Waals surface area contributed by atoms with Crippen LogP contribution in [0.2, 0.25) is 10.0 Å². The first-order chi connectivity index (χ1) is 12.8. The summed E-state index contributed by atoms with van der Waals surface area (Å²) in [6.45, 7) is 1.06. The van der Waals surface area contributed by atoms with Crippen LogP contribution in [0.15, 0.2) is 45.8 Å². The molecule has 0 atom stereocenters. The predicted octanol–water partition coefficient (Wildman–Crippen LogP) is 4.03. The number of ether oxygens (including phenoxy) is 1. The molecule has 2 aromatic rings. The van der Waals surface area contributed by atoms with Gasteiger partial charge in [-0.3, -0.25) is 4.79 Å². The van der Waals surface area contributed by atoms with Crippen LogP contribution in [0, 0.1) is 0 Å². The summed E-state index contributed by atoms with van der Waals surface area (Å²) >= 11 is 15.6. The van der Waals surface area contributed by atoms with Gasteiger partial charge in [0.25, 0.3) is 5.91 Å². The lowest BCUT2D eigenvalue weighted by atomic mass is 10.2. The van der Waals surface area contributed by atoms with E-state index in [0.29, 0.717) is 18.9 Å². The Hall–Kier alpha value is -1.16. The average molecular weight is 494 g/mol. The van der Waals surface area contributed by atoms with Crippen molar-refractivity contribution in [1.29, 1.82) is 0 Å². The van der Waals surface area contributed by atoms with Crippen LogP contribution in [0.1, 0.15) is 10.4 Å². The zero-order valence-corrected chi connectivity index (χ0v) is 17.8. The normalized spacial score (nSPS) is 15.5. The molecule has 2 aromatic carbocycles. The molecule has 1 aliphatic heterocycles. The summed E-state index contributed by atoms with van der Waals surface area (Å²) in [6, 6.07) is 9.44. The largest absolute Gasteiger partial charge is 0.379 e. The Kier molecular flexibility index (Phi) is 6.45. The van der Waals surface area contributed by atoms with Gasteiger partial charge in [0.1, 0.15) is 4.90 Å². The van der Waals surface area contributed by atoms with Crippen molar-refractivity contribution in [2.24, 2.45) is 0 Å². The summed E-state index contributed by atoms with van der Waals surface area (Å²) in [4.78, 5) is 12.5. The number of hydrogen-bond donors (Lipinski definition) is 1. The van der Waals surface area contributed by atoms with Crippen molar-refractivity contribution in [2.45, 2.75) is 4.90 Å². The van der Waals surface area contributed by atoms with E-state index in [2.05, 4.69) is 21.2 Å². The number of sulfonamides is 1. The van der Waals surface area contributed by atoms with Crippen molar-refractivity contribution >= 4 is 60.7 Å². The summed E-state index contributed by atoms with van der Waals surface area (Å²) in [5, 5.41) is 2.72. The van der Waals surface area contributed by atoms with Gasteiger partial charge in [-0.05, 0) is 36.4 Å². The van der Waals surface area contributed by atoms with Crippen LogP contribution >= 0.6 is 39.1 Å². The van der Waals surface area contributed by atoms with Gasteiger partial charge in [-0.2, -0.15) is 4.31 Å². The molecule has 1 heterocycles. The van der Waals surface area contributed by atoms with Gasteiger partial charge in [0, 0.05) is 23.2 Å². The molecule has 144 valence electrons. The number of rotatable bonds is 4. The maximum absolute atomic E-state index is 12.9. The Labute approximate surface area is 175 Å². The van der Waals surface area contributed by atoms with E-state index in [1.807, 2.05) is 0 Å². The van der Waals surface area contributed by atoms with E-state index in [0.717, 1.165) is 4.47 Å². The summed E-state index contributed by atoms with van der Waals surface area (Å²) in [6.07, 6.45) is 0. The highest BCUT2D eigenvalue weighted by Gasteiger charge is 2.30. The molecule has 1 aliphatic rings. The minimum Gasteiger partial charge on any atom is -0.379 e. The van der Waals surface area contributed by atoms with Gasteiger partial charge in [-0.25, -0.2) is 8.42 Å². The molecule has 3 rings (SSSR count). The van der Waals surface area contributed by atoms with Gasteiger partial charge in [-0.1, -0.05) is 39.1 Å². The van der Waals surface area contributed by atoms with Crippen molar-refractivity contribution < 1.29 is 17.9 Å². The predicted molar refractivity (Wildman–Crippen MR) is 108 cm³/mol. The van der Waals surface area contributed by atoms with E-state index in [-0.39, 0.29) is 33.6 Å². The third-order valence-corrected chi connectivity index (χ3v) is 7.16. The number of nitrogens with zero attached hydrogens (tertiary/aromatic N) is 1. The number of hydrogen-bond acceptors (Lipinski definition) is 4. The fourth-order valence-corrected chi connectivity index (χ4v) is 5.06. The first-order valence-electron chi connectivity index (χ1n) is 7.93. The molecule has 10 heteroatoms. The smallest absolute Gasteiger partial charge is 0.257 e. The van der Waals surface area contributed by atoms with Crippen molar-refractivity contribution in [3.8, 4) is 0 Å². The highest BCUT2D eigenvalue weighted by Crippen LogP contribution is 2.31. The number of benzene rings is 2. The highest BCUT2D eigenvalue weighted by atomic mass is 79.9. The molecular weight excluding hydrogens is 479 g/mol. The van der Waals surface area contributed by atoms with Crippen molar-refractivity contribution in [3.63, 3.8) is 0 Å². The number of amides is 1. The van der Waals surface area contributed by atoms with Gasteiger partial charge in [-0.15, -0.1) is 0 Å². The molecule has 1 N–H and O–H groups in total. The molecule has 1 fully saturated rings. The number of carbonyl (C=O) groups is 1. The van der Waals surface area contributed by atoms with Crippen LogP contribution in [0.25, 0.3) is 0 Å². The maximum atomic E-state index is 12.9. The minimum atomic E-state index is -3.87. The summed E-state index contributed by atoms with van der Waals surface area (Å²) in [5.41, 5.74) is 0.572. The van der Waals surface area contributed by atoms with E-state index >= 15 is 0 Å². The number of carbonyl (C=O) groups excluding carboxylic acids is 1. The molecular formula is C17H15BrCl2N2O4S. The van der Waals surface area contributed by atoms with E-state index in [9.17, 15) is 13.2 Å². The summed E-state index contributed by atoms with van der Waals surface area (Å²) in [7, 11) is -3.87. The molecule has 0 unspecified atom stereocenters.